The third kappa shape index (κ3) is 3.87. The van der Waals surface area contributed by atoms with Crippen LogP contribution in [0.25, 0.3) is 11.3 Å². The maximum atomic E-state index is 12.7. The van der Waals surface area contributed by atoms with Crippen molar-refractivity contribution in [3.8, 4) is 22.8 Å². The molecule has 1 aliphatic rings. The fourth-order valence-corrected chi connectivity index (χ4v) is 3.28. The molecule has 0 unspecified atom stereocenters. The van der Waals surface area contributed by atoms with Gasteiger partial charge >= 0.3 is 0 Å². The molecule has 0 fully saturated rings. The van der Waals surface area contributed by atoms with E-state index in [-0.39, 0.29) is 5.56 Å². The van der Waals surface area contributed by atoms with Gasteiger partial charge in [0.15, 0.2) is 11.5 Å². The number of fused-ring (bicyclic) bond motifs is 1. The van der Waals surface area contributed by atoms with Crippen molar-refractivity contribution >= 4 is 11.4 Å². The summed E-state index contributed by atoms with van der Waals surface area (Å²) in [5.41, 5.74) is 3.87. The van der Waals surface area contributed by atoms with Crippen LogP contribution in [0.15, 0.2) is 59.4 Å². The largest absolute Gasteiger partial charge is 0.486 e. The van der Waals surface area contributed by atoms with E-state index in [1.54, 1.807) is 6.07 Å². The molecule has 28 heavy (non-hydrogen) atoms. The summed E-state index contributed by atoms with van der Waals surface area (Å²) in [5, 5.41) is 3.21. The SMILES string of the molecule is CN(C)Cc1cccc(Nc2ccc(-c3cccc4c3OCCO4)[nH]c2=O)c1. The number of H-pyrrole nitrogens is 1. The Kier molecular flexibility index (Phi) is 5.04. The lowest BCUT2D eigenvalue weighted by atomic mass is 10.1. The minimum absolute atomic E-state index is 0.190. The average molecular weight is 377 g/mol. The summed E-state index contributed by atoms with van der Waals surface area (Å²) in [5.74, 6) is 1.37. The van der Waals surface area contributed by atoms with E-state index in [1.807, 2.05) is 56.6 Å². The maximum Gasteiger partial charge on any atom is 0.272 e. The molecule has 0 saturated heterocycles. The molecule has 0 saturated carbocycles. The van der Waals surface area contributed by atoms with Crippen molar-refractivity contribution in [1.82, 2.24) is 9.88 Å². The van der Waals surface area contributed by atoms with E-state index in [9.17, 15) is 4.79 Å². The number of aromatic nitrogens is 1. The van der Waals surface area contributed by atoms with Crippen LogP contribution < -0.4 is 20.3 Å². The van der Waals surface area contributed by atoms with Crippen molar-refractivity contribution in [2.75, 3.05) is 32.6 Å². The highest BCUT2D eigenvalue weighted by atomic mass is 16.6. The zero-order chi connectivity index (χ0) is 19.5. The van der Waals surface area contributed by atoms with Gasteiger partial charge < -0.3 is 24.7 Å². The molecule has 0 aliphatic carbocycles. The van der Waals surface area contributed by atoms with Gasteiger partial charge in [-0.2, -0.15) is 0 Å². The molecule has 6 nitrogen and oxygen atoms in total. The zero-order valence-corrected chi connectivity index (χ0v) is 16.0. The molecule has 0 bridgehead atoms. The highest BCUT2D eigenvalue weighted by molar-refractivity contribution is 5.72. The highest BCUT2D eigenvalue weighted by Gasteiger charge is 2.17. The van der Waals surface area contributed by atoms with Crippen LogP contribution in [0.3, 0.4) is 0 Å². The van der Waals surface area contributed by atoms with Gasteiger partial charge in [0.1, 0.15) is 18.9 Å². The minimum Gasteiger partial charge on any atom is -0.486 e. The molecule has 2 heterocycles. The Morgan fingerprint density at radius 1 is 1.04 bits per heavy atom. The number of para-hydroxylation sites is 1. The molecule has 3 aromatic rings. The Balaban J connectivity index is 1.60. The van der Waals surface area contributed by atoms with E-state index in [0.29, 0.717) is 36.1 Å². The molecular weight excluding hydrogens is 354 g/mol. The van der Waals surface area contributed by atoms with Gasteiger partial charge in [-0.15, -0.1) is 0 Å². The molecule has 6 heteroatoms. The van der Waals surface area contributed by atoms with Crippen LogP contribution in [0.5, 0.6) is 11.5 Å². The molecule has 2 aromatic carbocycles. The highest BCUT2D eigenvalue weighted by Crippen LogP contribution is 2.38. The molecule has 4 rings (SSSR count). The van der Waals surface area contributed by atoms with Crippen molar-refractivity contribution in [2.24, 2.45) is 0 Å². The second kappa shape index (κ2) is 7.78. The van der Waals surface area contributed by atoms with Crippen molar-refractivity contribution in [2.45, 2.75) is 6.54 Å². The fraction of sp³-hybridized carbons (Fsp3) is 0.227. The first-order valence-electron chi connectivity index (χ1n) is 9.23. The third-order valence-corrected chi connectivity index (χ3v) is 4.47. The molecule has 0 radical (unpaired) electrons. The first-order valence-corrected chi connectivity index (χ1v) is 9.23. The smallest absolute Gasteiger partial charge is 0.272 e. The number of aromatic amines is 1. The monoisotopic (exact) mass is 377 g/mol. The number of nitrogens with one attached hydrogen (secondary N) is 2. The predicted octanol–water partition coefficient (Wildman–Crippen LogP) is 3.62. The van der Waals surface area contributed by atoms with E-state index in [4.69, 9.17) is 9.47 Å². The van der Waals surface area contributed by atoms with E-state index in [0.717, 1.165) is 17.8 Å². The summed E-state index contributed by atoms with van der Waals surface area (Å²) < 4.78 is 11.4. The fourth-order valence-electron chi connectivity index (χ4n) is 3.28. The molecule has 0 amide bonds. The first-order chi connectivity index (χ1) is 13.6. The summed E-state index contributed by atoms with van der Waals surface area (Å²) >= 11 is 0. The number of pyridine rings is 1. The van der Waals surface area contributed by atoms with E-state index >= 15 is 0 Å². The van der Waals surface area contributed by atoms with Crippen LogP contribution in [0, 0.1) is 0 Å². The van der Waals surface area contributed by atoms with Crippen LogP contribution in [-0.4, -0.2) is 37.2 Å². The van der Waals surface area contributed by atoms with Gasteiger partial charge in [0.2, 0.25) is 0 Å². The van der Waals surface area contributed by atoms with E-state index in [1.165, 1.54) is 5.56 Å². The van der Waals surface area contributed by atoms with Gasteiger partial charge in [-0.05, 0) is 56.1 Å². The van der Waals surface area contributed by atoms with Crippen molar-refractivity contribution < 1.29 is 9.47 Å². The normalized spacial score (nSPS) is 12.8. The summed E-state index contributed by atoms with van der Waals surface area (Å²) in [6, 6.07) is 17.4. The molecular formula is C22H23N3O3. The Morgan fingerprint density at radius 3 is 2.68 bits per heavy atom. The summed E-state index contributed by atoms with van der Waals surface area (Å²) in [7, 11) is 4.06. The van der Waals surface area contributed by atoms with Gasteiger partial charge in [0.05, 0.1) is 5.69 Å². The maximum absolute atomic E-state index is 12.7. The minimum atomic E-state index is -0.190. The molecule has 0 atom stereocenters. The topological polar surface area (TPSA) is 66.6 Å². The number of rotatable bonds is 5. The number of nitrogens with zero attached hydrogens (tertiary/aromatic N) is 1. The lowest BCUT2D eigenvalue weighted by Gasteiger charge is -2.21. The Bertz CT molecular complexity index is 1040. The molecule has 2 N–H and O–H groups in total. The van der Waals surface area contributed by atoms with Gasteiger partial charge in [-0.25, -0.2) is 0 Å². The van der Waals surface area contributed by atoms with Crippen LogP contribution >= 0.6 is 0 Å². The van der Waals surface area contributed by atoms with Gasteiger partial charge in [-0.1, -0.05) is 18.2 Å². The Hall–Kier alpha value is -3.25. The number of hydrogen-bond acceptors (Lipinski definition) is 5. The quantitative estimate of drug-likeness (QED) is 0.711. The van der Waals surface area contributed by atoms with E-state index in [2.05, 4.69) is 21.3 Å². The van der Waals surface area contributed by atoms with Crippen LogP contribution in [-0.2, 0) is 6.54 Å². The zero-order valence-electron chi connectivity index (χ0n) is 16.0. The van der Waals surface area contributed by atoms with Gasteiger partial charge in [0, 0.05) is 17.8 Å². The molecule has 144 valence electrons. The lowest BCUT2D eigenvalue weighted by molar-refractivity contribution is 0.172. The molecule has 1 aliphatic heterocycles. The Morgan fingerprint density at radius 2 is 1.86 bits per heavy atom. The van der Waals surface area contributed by atoms with Crippen LogP contribution in [0.2, 0.25) is 0 Å². The number of benzene rings is 2. The standard InChI is InChI=1S/C22H23N3O3/c1-25(2)14-15-5-3-6-16(13-15)23-19-10-9-18(24-22(19)26)17-7-4-8-20-21(17)28-12-11-27-20/h3-10,13,23H,11-12,14H2,1-2H3,(H,24,26). The summed E-state index contributed by atoms with van der Waals surface area (Å²) in [4.78, 5) is 17.7. The summed E-state index contributed by atoms with van der Waals surface area (Å²) in [6.07, 6.45) is 0. The Labute approximate surface area is 163 Å². The average Bonchev–Trinajstić information content (AvgIpc) is 2.69. The molecule has 1 aromatic heterocycles. The van der Waals surface area contributed by atoms with Crippen molar-refractivity contribution in [3.05, 3.63) is 70.5 Å². The number of ether oxygens (including phenoxy) is 2. The lowest BCUT2D eigenvalue weighted by Crippen LogP contribution is -2.17. The summed E-state index contributed by atoms with van der Waals surface area (Å²) in [6.45, 7) is 1.87. The number of hydrogen-bond donors (Lipinski definition) is 2. The number of anilines is 2. The second-order valence-corrected chi connectivity index (χ2v) is 7.01. The van der Waals surface area contributed by atoms with E-state index < -0.39 is 0 Å². The second-order valence-electron chi connectivity index (χ2n) is 7.01. The third-order valence-electron chi connectivity index (χ3n) is 4.47. The van der Waals surface area contributed by atoms with Gasteiger partial charge in [-0.3, -0.25) is 4.79 Å². The first kappa shape index (κ1) is 18.1. The van der Waals surface area contributed by atoms with Crippen molar-refractivity contribution in [3.63, 3.8) is 0 Å². The van der Waals surface area contributed by atoms with Gasteiger partial charge in [0.25, 0.3) is 5.56 Å². The van der Waals surface area contributed by atoms with Crippen LogP contribution in [0.4, 0.5) is 11.4 Å². The van der Waals surface area contributed by atoms with Crippen molar-refractivity contribution in [1.29, 1.82) is 0 Å². The van der Waals surface area contributed by atoms with Crippen LogP contribution in [0.1, 0.15) is 5.56 Å². The molecule has 0 spiro atoms. The predicted molar refractivity (Wildman–Crippen MR) is 111 cm³/mol.